The predicted octanol–water partition coefficient (Wildman–Crippen LogP) is 4.38. The minimum absolute atomic E-state index is 0.151. The average molecular weight is 204 g/mol. The van der Waals surface area contributed by atoms with Crippen LogP contribution in [0, 0.1) is 0 Å². The second kappa shape index (κ2) is 4.72. The number of rotatable bonds is 3. The van der Waals surface area contributed by atoms with E-state index in [2.05, 4.69) is 48.5 Å². The molecule has 0 bridgehead atoms. The van der Waals surface area contributed by atoms with E-state index in [1.165, 1.54) is 18.6 Å². The van der Waals surface area contributed by atoms with Crippen molar-refractivity contribution >= 4 is 10.9 Å². The molecule has 0 amide bonds. The molecule has 0 saturated carbocycles. The van der Waals surface area contributed by atoms with Gasteiger partial charge in [-0.15, -0.1) is 0 Å². The van der Waals surface area contributed by atoms with Crippen molar-refractivity contribution in [2.24, 2.45) is 0 Å². The lowest BCUT2D eigenvalue weighted by molar-refractivity contribution is 0.716. The Morgan fingerprint density at radius 3 is 1.46 bits per heavy atom. The van der Waals surface area contributed by atoms with Crippen molar-refractivity contribution in [3.8, 4) is 0 Å². The van der Waals surface area contributed by atoms with E-state index in [4.69, 9.17) is 0 Å². The summed E-state index contributed by atoms with van der Waals surface area (Å²) >= 11 is 0. The first-order valence-electron chi connectivity index (χ1n) is 5.47. The molecule has 0 aliphatic carbocycles. The fourth-order valence-corrected chi connectivity index (χ4v) is 5.98. The van der Waals surface area contributed by atoms with Crippen LogP contribution >= 0.6 is 10.9 Å². The second-order valence-electron chi connectivity index (χ2n) is 5.85. The van der Waals surface area contributed by atoms with Gasteiger partial charge >= 0.3 is 0 Å². The summed E-state index contributed by atoms with van der Waals surface area (Å²) in [5, 5.41) is 0. The predicted molar refractivity (Wildman–Crippen MR) is 68.3 cm³/mol. The van der Waals surface area contributed by atoms with Gasteiger partial charge in [0.05, 0.1) is 0 Å². The average Bonchev–Trinajstić information content (AvgIpc) is 1.81. The van der Waals surface area contributed by atoms with Gasteiger partial charge in [0, 0.05) is 0 Å². The maximum absolute atomic E-state index is 2.40. The third kappa shape index (κ3) is 4.95. The first-order chi connectivity index (χ1) is 5.69. The Hall–Kier alpha value is 0.350. The lowest BCUT2D eigenvalue weighted by Gasteiger charge is -2.45. The van der Waals surface area contributed by atoms with E-state index < -0.39 is 0 Å². The highest BCUT2D eigenvalue weighted by Crippen LogP contribution is 2.51. The van der Waals surface area contributed by atoms with Gasteiger partial charge in [-0.3, -0.25) is 0 Å². The zero-order valence-electron chi connectivity index (χ0n) is 10.6. The highest BCUT2D eigenvalue weighted by molar-refractivity contribution is 8.19. The van der Waals surface area contributed by atoms with E-state index in [1.54, 1.807) is 0 Å². The summed E-state index contributed by atoms with van der Waals surface area (Å²) in [5.74, 6) is 1.44. The zero-order chi connectivity index (χ0) is 10.7. The maximum Gasteiger partial charge on any atom is -0.0103 e. The quantitative estimate of drug-likeness (QED) is 0.648. The van der Waals surface area contributed by atoms with Crippen molar-refractivity contribution in [3.05, 3.63) is 0 Å². The molecule has 1 heteroatoms. The summed E-state index contributed by atoms with van der Waals surface area (Å²) in [4.78, 5) is 0. The Kier molecular flexibility index (Phi) is 4.85. The monoisotopic (exact) mass is 204 g/mol. The van der Waals surface area contributed by atoms with Crippen LogP contribution < -0.4 is 0 Å². The molecule has 0 atom stereocenters. The molecule has 0 radical (unpaired) electrons. The highest BCUT2D eigenvalue weighted by Gasteiger charge is 2.30. The molecule has 0 aromatic carbocycles. The summed E-state index contributed by atoms with van der Waals surface area (Å²) in [5.41, 5.74) is 0. The number of thiol groups is 1. The Bertz CT molecular complexity index is 122. The van der Waals surface area contributed by atoms with Crippen molar-refractivity contribution < 1.29 is 0 Å². The van der Waals surface area contributed by atoms with Crippen LogP contribution in [0.4, 0.5) is 0 Å². The van der Waals surface area contributed by atoms with E-state index in [0.29, 0.717) is 9.49 Å². The van der Waals surface area contributed by atoms with Crippen molar-refractivity contribution in [1.82, 2.24) is 0 Å². The van der Waals surface area contributed by atoms with Gasteiger partial charge in [-0.2, -0.15) is 0 Å². The van der Waals surface area contributed by atoms with Gasteiger partial charge in [0.25, 0.3) is 0 Å². The Labute approximate surface area is 87.8 Å². The minimum Gasteiger partial charge on any atom is -0.244 e. The van der Waals surface area contributed by atoms with Crippen molar-refractivity contribution in [2.75, 3.05) is 5.75 Å². The minimum atomic E-state index is 0.151. The molecule has 0 heterocycles. The smallest absolute Gasteiger partial charge is 0.0103 e. The van der Waals surface area contributed by atoms with Crippen LogP contribution in [0.25, 0.3) is 0 Å². The van der Waals surface area contributed by atoms with Crippen LogP contribution in [0.15, 0.2) is 0 Å². The van der Waals surface area contributed by atoms with Gasteiger partial charge in [-0.1, -0.05) is 54.9 Å². The Balaban J connectivity index is 4.39. The van der Waals surface area contributed by atoms with Crippen LogP contribution in [-0.2, 0) is 0 Å². The zero-order valence-corrected chi connectivity index (χ0v) is 11.5. The molecular formula is C12H28S. The van der Waals surface area contributed by atoms with E-state index in [-0.39, 0.29) is 10.9 Å². The fraction of sp³-hybridized carbons (Fsp3) is 1.00. The van der Waals surface area contributed by atoms with Gasteiger partial charge < -0.3 is 0 Å². The lowest BCUT2D eigenvalue weighted by atomic mass is 10.2. The molecule has 0 aliphatic heterocycles. The third-order valence-corrected chi connectivity index (χ3v) is 6.36. The molecule has 0 saturated heterocycles. The van der Waals surface area contributed by atoms with Crippen LogP contribution in [0.2, 0.25) is 0 Å². The van der Waals surface area contributed by atoms with Crippen molar-refractivity contribution in [3.63, 3.8) is 0 Å². The molecule has 0 aromatic rings. The van der Waals surface area contributed by atoms with E-state index in [0.717, 1.165) is 0 Å². The molecule has 0 aromatic heterocycles. The van der Waals surface area contributed by atoms with Gasteiger partial charge in [-0.05, 0) is 21.7 Å². The van der Waals surface area contributed by atoms with E-state index in [9.17, 15) is 0 Å². The number of unbranched alkanes of at least 4 members (excludes halogenated alkanes) is 1. The standard InChI is InChI=1S/C12H28S/c1-8-9-10-13(11(2,3)4)12(5,6)7/h13H,8-10H2,1-7H3. The molecule has 0 rings (SSSR count). The molecule has 0 spiro atoms. The van der Waals surface area contributed by atoms with Crippen LogP contribution in [-0.4, -0.2) is 15.2 Å². The summed E-state index contributed by atoms with van der Waals surface area (Å²) in [6.07, 6.45) is 2.74. The number of hydrogen-bond donors (Lipinski definition) is 1. The SMILES string of the molecule is CCCC[SH](C(C)(C)C)C(C)(C)C. The molecule has 0 aliphatic rings. The van der Waals surface area contributed by atoms with Gasteiger partial charge in [0.2, 0.25) is 0 Å². The summed E-state index contributed by atoms with van der Waals surface area (Å²) in [7, 11) is 0.151. The molecule has 13 heavy (non-hydrogen) atoms. The van der Waals surface area contributed by atoms with Crippen LogP contribution in [0.1, 0.15) is 61.3 Å². The van der Waals surface area contributed by atoms with Crippen molar-refractivity contribution in [1.29, 1.82) is 0 Å². The molecule has 82 valence electrons. The Morgan fingerprint density at radius 2 is 1.23 bits per heavy atom. The van der Waals surface area contributed by atoms with Crippen LogP contribution in [0.3, 0.4) is 0 Å². The molecule has 0 nitrogen and oxygen atoms in total. The molecule has 0 N–H and O–H groups in total. The van der Waals surface area contributed by atoms with Gasteiger partial charge in [-0.25, -0.2) is 10.9 Å². The third-order valence-electron chi connectivity index (χ3n) is 2.35. The largest absolute Gasteiger partial charge is 0.244 e. The number of hydrogen-bond acceptors (Lipinski definition) is 0. The van der Waals surface area contributed by atoms with E-state index in [1.807, 2.05) is 0 Å². The summed E-state index contributed by atoms with van der Waals surface area (Å²) in [6.45, 7) is 16.7. The highest BCUT2D eigenvalue weighted by atomic mass is 32.2. The second-order valence-corrected chi connectivity index (χ2v) is 9.83. The van der Waals surface area contributed by atoms with E-state index >= 15 is 0 Å². The van der Waals surface area contributed by atoms with Gasteiger partial charge in [0.1, 0.15) is 0 Å². The molecular weight excluding hydrogens is 176 g/mol. The Morgan fingerprint density at radius 1 is 0.846 bits per heavy atom. The molecule has 0 unspecified atom stereocenters. The normalized spacial score (nSPS) is 14.5. The summed E-state index contributed by atoms with van der Waals surface area (Å²) < 4.78 is 1.03. The van der Waals surface area contributed by atoms with Crippen LogP contribution in [0.5, 0.6) is 0 Å². The first-order valence-corrected chi connectivity index (χ1v) is 7.00. The first kappa shape index (κ1) is 13.4. The topological polar surface area (TPSA) is 0 Å². The van der Waals surface area contributed by atoms with Gasteiger partial charge in [0.15, 0.2) is 0 Å². The molecule has 0 fully saturated rings. The lowest BCUT2D eigenvalue weighted by Crippen LogP contribution is -2.30. The maximum atomic E-state index is 2.40. The fourth-order valence-electron chi connectivity index (χ4n) is 1.99. The summed E-state index contributed by atoms with van der Waals surface area (Å²) in [6, 6.07) is 0. The van der Waals surface area contributed by atoms with Crippen molar-refractivity contribution in [2.45, 2.75) is 70.8 Å².